The average molecular weight is 259 g/mol. The Balaban J connectivity index is 2.67. The van der Waals surface area contributed by atoms with Crippen LogP contribution < -0.4 is 4.72 Å². The molecular formula is C7H8F3NO4S. The van der Waals surface area contributed by atoms with Crippen LogP contribution in [0.2, 0.25) is 0 Å². The first-order chi connectivity index (χ1) is 7.13. The summed E-state index contributed by atoms with van der Waals surface area (Å²) in [7, 11) is -5.42. The van der Waals surface area contributed by atoms with Gasteiger partial charge in [-0.1, -0.05) is 12.2 Å². The van der Waals surface area contributed by atoms with E-state index in [4.69, 9.17) is 5.11 Å². The molecule has 92 valence electrons. The molecule has 0 aliphatic heterocycles. The highest BCUT2D eigenvalue weighted by atomic mass is 32.2. The Morgan fingerprint density at radius 2 is 1.94 bits per heavy atom. The molecule has 0 bridgehead atoms. The summed E-state index contributed by atoms with van der Waals surface area (Å²) in [6.45, 7) is 0. The van der Waals surface area contributed by atoms with E-state index in [1.54, 1.807) is 0 Å². The predicted molar refractivity (Wildman–Crippen MR) is 46.8 cm³/mol. The van der Waals surface area contributed by atoms with Gasteiger partial charge in [-0.3, -0.25) is 4.79 Å². The highest BCUT2D eigenvalue weighted by Gasteiger charge is 2.47. The molecule has 0 aromatic heterocycles. The monoisotopic (exact) mass is 259 g/mol. The molecule has 1 rings (SSSR count). The van der Waals surface area contributed by atoms with Crippen LogP contribution in [0, 0.1) is 5.92 Å². The number of sulfonamides is 1. The van der Waals surface area contributed by atoms with Crippen LogP contribution in [0.15, 0.2) is 12.2 Å². The second-order valence-corrected chi connectivity index (χ2v) is 4.94. The van der Waals surface area contributed by atoms with Gasteiger partial charge in [-0.25, -0.2) is 13.1 Å². The number of aliphatic carboxylic acids is 1. The second-order valence-electron chi connectivity index (χ2n) is 3.24. The maximum atomic E-state index is 12.0. The minimum absolute atomic E-state index is 0.218. The van der Waals surface area contributed by atoms with Crippen LogP contribution in [0.5, 0.6) is 0 Å². The molecule has 0 saturated heterocycles. The largest absolute Gasteiger partial charge is 0.511 e. The molecule has 0 spiro atoms. The summed E-state index contributed by atoms with van der Waals surface area (Å²) in [6.07, 6.45) is 2.04. The van der Waals surface area contributed by atoms with Crippen LogP contribution >= 0.6 is 0 Å². The molecule has 2 N–H and O–H groups in total. The van der Waals surface area contributed by atoms with E-state index in [0.29, 0.717) is 0 Å². The standard InChI is InChI=1S/C7H8F3NO4S/c8-7(9,10)16(14,15)11-5-2-1-4(3-5)6(12)13/h1-2,4-5,11H,3H2,(H,12,13). The van der Waals surface area contributed by atoms with Crippen molar-refractivity contribution >= 4 is 16.0 Å². The lowest BCUT2D eigenvalue weighted by Gasteiger charge is -2.14. The third kappa shape index (κ3) is 2.73. The lowest BCUT2D eigenvalue weighted by atomic mass is 10.1. The van der Waals surface area contributed by atoms with E-state index in [-0.39, 0.29) is 6.42 Å². The lowest BCUT2D eigenvalue weighted by Crippen LogP contribution is -2.41. The SMILES string of the molecule is O=C(O)C1C=CC(NS(=O)(=O)C(F)(F)F)C1. The van der Waals surface area contributed by atoms with Crippen molar-refractivity contribution in [2.24, 2.45) is 5.92 Å². The van der Waals surface area contributed by atoms with Crippen LogP contribution in [0.3, 0.4) is 0 Å². The number of hydrogen-bond acceptors (Lipinski definition) is 3. The number of rotatable bonds is 3. The van der Waals surface area contributed by atoms with Gasteiger partial charge in [0.2, 0.25) is 0 Å². The van der Waals surface area contributed by atoms with Gasteiger partial charge in [0, 0.05) is 6.04 Å². The molecule has 0 aromatic rings. The van der Waals surface area contributed by atoms with E-state index >= 15 is 0 Å². The fourth-order valence-electron chi connectivity index (χ4n) is 1.24. The summed E-state index contributed by atoms with van der Waals surface area (Å²) < 4.78 is 58.6. The Morgan fingerprint density at radius 1 is 1.38 bits per heavy atom. The molecule has 2 atom stereocenters. The van der Waals surface area contributed by atoms with Gasteiger partial charge in [0.15, 0.2) is 0 Å². The van der Waals surface area contributed by atoms with Gasteiger partial charge >= 0.3 is 21.5 Å². The zero-order valence-corrected chi connectivity index (χ0v) is 8.55. The number of carboxylic acids is 1. The van der Waals surface area contributed by atoms with Gasteiger partial charge in [-0.2, -0.15) is 13.2 Å². The summed E-state index contributed by atoms with van der Waals surface area (Å²) in [5.74, 6) is -2.16. The molecule has 0 radical (unpaired) electrons. The average Bonchev–Trinajstić information content (AvgIpc) is 2.49. The fourth-order valence-corrected chi connectivity index (χ4v) is 1.94. The first kappa shape index (κ1) is 13.0. The van der Waals surface area contributed by atoms with Crippen molar-refractivity contribution in [2.45, 2.75) is 18.0 Å². The summed E-state index contributed by atoms with van der Waals surface area (Å²) in [6, 6.07) is -1.13. The van der Waals surface area contributed by atoms with E-state index in [1.807, 2.05) is 0 Å². The second kappa shape index (κ2) is 4.06. The van der Waals surface area contributed by atoms with Gasteiger partial charge in [-0.05, 0) is 6.42 Å². The number of hydrogen-bond donors (Lipinski definition) is 2. The molecule has 0 amide bonds. The Morgan fingerprint density at radius 3 is 2.31 bits per heavy atom. The molecule has 2 unspecified atom stereocenters. The molecule has 0 aromatic carbocycles. The number of alkyl halides is 3. The van der Waals surface area contributed by atoms with E-state index in [2.05, 4.69) is 0 Å². The minimum atomic E-state index is -5.42. The van der Waals surface area contributed by atoms with Crippen LogP contribution in [0.4, 0.5) is 13.2 Å². The summed E-state index contributed by atoms with van der Waals surface area (Å²) >= 11 is 0. The van der Waals surface area contributed by atoms with Crippen molar-refractivity contribution in [3.63, 3.8) is 0 Å². The maximum Gasteiger partial charge on any atom is 0.511 e. The molecular weight excluding hydrogens is 251 g/mol. The summed E-state index contributed by atoms with van der Waals surface area (Å²) in [4.78, 5) is 10.5. The number of carbonyl (C=O) groups is 1. The topological polar surface area (TPSA) is 83.5 Å². The zero-order valence-electron chi connectivity index (χ0n) is 7.73. The van der Waals surface area contributed by atoms with Crippen molar-refractivity contribution in [1.82, 2.24) is 4.72 Å². The highest BCUT2D eigenvalue weighted by molar-refractivity contribution is 7.90. The molecule has 5 nitrogen and oxygen atoms in total. The molecule has 0 heterocycles. The van der Waals surface area contributed by atoms with E-state index < -0.39 is 33.5 Å². The quantitative estimate of drug-likeness (QED) is 0.721. The Bertz CT molecular complexity index is 414. The van der Waals surface area contributed by atoms with Crippen LogP contribution in [-0.4, -0.2) is 31.0 Å². The molecule has 1 aliphatic carbocycles. The first-order valence-corrected chi connectivity index (χ1v) is 5.61. The first-order valence-electron chi connectivity index (χ1n) is 4.13. The molecule has 0 saturated carbocycles. The van der Waals surface area contributed by atoms with Crippen molar-refractivity contribution in [1.29, 1.82) is 0 Å². The highest BCUT2D eigenvalue weighted by Crippen LogP contribution is 2.25. The lowest BCUT2D eigenvalue weighted by molar-refractivity contribution is -0.140. The van der Waals surface area contributed by atoms with E-state index in [0.717, 1.165) is 12.2 Å². The molecule has 0 fully saturated rings. The zero-order chi connectivity index (χ0) is 12.6. The van der Waals surface area contributed by atoms with Gasteiger partial charge < -0.3 is 5.11 Å². The summed E-state index contributed by atoms with van der Waals surface area (Å²) in [5, 5.41) is 8.54. The van der Waals surface area contributed by atoms with Crippen molar-refractivity contribution in [2.75, 3.05) is 0 Å². The van der Waals surface area contributed by atoms with Gasteiger partial charge in [0.05, 0.1) is 5.92 Å². The van der Waals surface area contributed by atoms with Crippen molar-refractivity contribution in [3.05, 3.63) is 12.2 Å². The third-order valence-electron chi connectivity index (χ3n) is 2.01. The Labute approximate surface area is 89.0 Å². The van der Waals surface area contributed by atoms with Crippen LogP contribution in [-0.2, 0) is 14.8 Å². The molecule has 16 heavy (non-hydrogen) atoms. The van der Waals surface area contributed by atoms with Gasteiger partial charge in [0.1, 0.15) is 0 Å². The summed E-state index contributed by atoms with van der Waals surface area (Å²) in [5.41, 5.74) is -5.39. The van der Waals surface area contributed by atoms with Crippen LogP contribution in [0.25, 0.3) is 0 Å². The number of carboxylic acid groups (broad SMARTS) is 1. The smallest absolute Gasteiger partial charge is 0.481 e. The third-order valence-corrected chi connectivity index (χ3v) is 3.23. The van der Waals surface area contributed by atoms with Gasteiger partial charge in [-0.15, -0.1) is 0 Å². The van der Waals surface area contributed by atoms with Crippen LogP contribution in [0.1, 0.15) is 6.42 Å². The predicted octanol–water partition coefficient (Wildman–Crippen LogP) is 0.455. The van der Waals surface area contributed by atoms with Gasteiger partial charge in [0.25, 0.3) is 0 Å². The number of halogens is 3. The van der Waals surface area contributed by atoms with E-state index in [9.17, 15) is 26.4 Å². The van der Waals surface area contributed by atoms with E-state index in [1.165, 1.54) is 4.72 Å². The Hall–Kier alpha value is -1.09. The maximum absolute atomic E-state index is 12.0. The molecule has 1 aliphatic rings. The Kier molecular flexibility index (Phi) is 3.29. The van der Waals surface area contributed by atoms with Crippen molar-refractivity contribution < 1.29 is 31.5 Å². The normalized spacial score (nSPS) is 25.9. The minimum Gasteiger partial charge on any atom is -0.481 e. The fraction of sp³-hybridized carbons (Fsp3) is 0.571. The van der Waals surface area contributed by atoms with Crippen molar-refractivity contribution in [3.8, 4) is 0 Å². The number of nitrogens with one attached hydrogen (secondary N) is 1. The molecule has 9 heteroatoms.